The average molecular weight is 233 g/mol. The number of alkyl halides is 2. The summed E-state index contributed by atoms with van der Waals surface area (Å²) in [5, 5.41) is 18.0. The van der Waals surface area contributed by atoms with Crippen LogP contribution in [-0.2, 0) is 11.2 Å². The lowest BCUT2D eigenvalue weighted by molar-refractivity contribution is -0.136. The van der Waals surface area contributed by atoms with E-state index < -0.39 is 30.3 Å². The van der Waals surface area contributed by atoms with Gasteiger partial charge in [-0.05, 0) is 0 Å². The molecule has 0 aliphatic heterocycles. The second-order valence-electron chi connectivity index (χ2n) is 2.92. The summed E-state index contributed by atoms with van der Waals surface area (Å²) in [6.45, 7) is 0. The molecule has 1 aromatic rings. The summed E-state index contributed by atoms with van der Waals surface area (Å²) in [6.07, 6.45) is -3.51. The smallest absolute Gasteiger partial charge is 0.309 e. The van der Waals surface area contributed by atoms with Crippen molar-refractivity contribution >= 4 is 5.97 Å². The highest BCUT2D eigenvalue weighted by atomic mass is 19.3. The Balaban J connectivity index is 3.24. The summed E-state index contributed by atoms with van der Waals surface area (Å²) in [7, 11) is 1.18. The van der Waals surface area contributed by atoms with Crippen LogP contribution in [0.25, 0.3) is 0 Å². The van der Waals surface area contributed by atoms with E-state index in [0.29, 0.717) is 0 Å². The van der Waals surface area contributed by atoms with Crippen molar-refractivity contribution < 1.29 is 28.5 Å². The number of hydrogen-bond acceptors (Lipinski definition) is 4. The van der Waals surface area contributed by atoms with E-state index in [1.165, 1.54) is 7.11 Å². The van der Waals surface area contributed by atoms with Gasteiger partial charge in [0.2, 0.25) is 0 Å². The summed E-state index contributed by atoms with van der Waals surface area (Å²) >= 11 is 0. The zero-order chi connectivity index (χ0) is 12.3. The number of hydrogen-bond donors (Lipinski definition) is 2. The molecule has 0 spiro atoms. The number of halogens is 2. The molecule has 0 aromatic carbocycles. The van der Waals surface area contributed by atoms with Gasteiger partial charge in [0.05, 0.1) is 19.2 Å². The van der Waals surface area contributed by atoms with Crippen molar-refractivity contribution in [2.75, 3.05) is 7.11 Å². The van der Waals surface area contributed by atoms with Gasteiger partial charge in [-0.25, -0.2) is 13.8 Å². The summed E-state index contributed by atoms with van der Waals surface area (Å²) in [6, 6.07) is 0.866. The number of pyridine rings is 1. The van der Waals surface area contributed by atoms with Gasteiger partial charge in [-0.2, -0.15) is 0 Å². The van der Waals surface area contributed by atoms with Crippen molar-refractivity contribution in [3.8, 4) is 11.5 Å². The summed E-state index contributed by atoms with van der Waals surface area (Å²) in [4.78, 5) is 13.8. The maximum atomic E-state index is 12.4. The molecule has 0 unspecified atom stereocenters. The van der Waals surface area contributed by atoms with Crippen LogP contribution in [0.5, 0.6) is 11.5 Å². The minimum Gasteiger partial charge on any atom is -0.503 e. The van der Waals surface area contributed by atoms with E-state index >= 15 is 0 Å². The van der Waals surface area contributed by atoms with Crippen LogP contribution in [0.4, 0.5) is 8.78 Å². The molecule has 0 atom stereocenters. The molecule has 1 rings (SSSR count). The Bertz CT molecular complexity index is 409. The lowest BCUT2D eigenvalue weighted by Gasteiger charge is -2.09. The molecular weight excluding hydrogens is 224 g/mol. The van der Waals surface area contributed by atoms with Gasteiger partial charge >= 0.3 is 5.97 Å². The number of ether oxygens (including phenoxy) is 1. The van der Waals surface area contributed by atoms with Crippen LogP contribution >= 0.6 is 0 Å². The van der Waals surface area contributed by atoms with Gasteiger partial charge in [0.25, 0.3) is 6.43 Å². The highest BCUT2D eigenvalue weighted by Crippen LogP contribution is 2.32. The number of methoxy groups -OCH3 is 1. The number of carboxylic acids is 1. The molecule has 1 aromatic heterocycles. The lowest BCUT2D eigenvalue weighted by Crippen LogP contribution is -2.06. The minimum atomic E-state index is -2.86. The van der Waals surface area contributed by atoms with E-state index in [4.69, 9.17) is 5.11 Å². The quantitative estimate of drug-likeness (QED) is 0.820. The molecule has 5 nitrogen and oxygen atoms in total. The molecule has 0 bridgehead atoms. The van der Waals surface area contributed by atoms with Crippen molar-refractivity contribution in [1.82, 2.24) is 4.98 Å². The van der Waals surface area contributed by atoms with Crippen molar-refractivity contribution in [3.05, 3.63) is 17.5 Å². The van der Waals surface area contributed by atoms with Crippen molar-refractivity contribution in [2.45, 2.75) is 12.8 Å². The molecule has 0 fully saturated rings. The third-order valence-electron chi connectivity index (χ3n) is 1.81. The van der Waals surface area contributed by atoms with Crippen LogP contribution in [0.3, 0.4) is 0 Å². The summed E-state index contributed by atoms with van der Waals surface area (Å²) in [5.41, 5.74) is -0.979. The molecule has 0 radical (unpaired) electrons. The first-order valence-corrected chi connectivity index (χ1v) is 4.22. The Morgan fingerprint density at radius 3 is 2.69 bits per heavy atom. The second kappa shape index (κ2) is 4.73. The molecule has 2 N–H and O–H groups in total. The van der Waals surface area contributed by atoms with Crippen LogP contribution in [0.1, 0.15) is 17.8 Å². The van der Waals surface area contributed by atoms with Gasteiger partial charge < -0.3 is 14.9 Å². The van der Waals surface area contributed by atoms with Crippen LogP contribution in [0, 0.1) is 0 Å². The van der Waals surface area contributed by atoms with Gasteiger partial charge in [0.15, 0.2) is 11.5 Å². The minimum absolute atomic E-state index is 0.221. The second-order valence-corrected chi connectivity index (χ2v) is 2.92. The van der Waals surface area contributed by atoms with Gasteiger partial charge in [0, 0.05) is 6.07 Å². The van der Waals surface area contributed by atoms with Crippen LogP contribution in [-0.4, -0.2) is 28.3 Å². The largest absolute Gasteiger partial charge is 0.503 e. The monoisotopic (exact) mass is 233 g/mol. The van der Waals surface area contributed by atoms with Crippen molar-refractivity contribution in [1.29, 1.82) is 0 Å². The number of carbonyl (C=O) groups is 1. The number of aromatic hydroxyl groups is 1. The van der Waals surface area contributed by atoms with E-state index in [1.807, 2.05) is 0 Å². The first-order valence-electron chi connectivity index (χ1n) is 4.22. The normalized spacial score (nSPS) is 10.5. The molecule has 0 aliphatic carbocycles. The Labute approximate surface area is 89.3 Å². The van der Waals surface area contributed by atoms with E-state index in [1.54, 1.807) is 0 Å². The topological polar surface area (TPSA) is 79.7 Å². The highest BCUT2D eigenvalue weighted by molar-refractivity contribution is 5.71. The predicted molar refractivity (Wildman–Crippen MR) is 48.8 cm³/mol. The first-order chi connectivity index (χ1) is 7.45. The molecule has 88 valence electrons. The average Bonchev–Trinajstić information content (AvgIpc) is 2.20. The maximum absolute atomic E-state index is 12.4. The SMILES string of the molecule is COc1cc(C(F)F)nc(CC(=O)O)c1O. The zero-order valence-electron chi connectivity index (χ0n) is 8.28. The van der Waals surface area contributed by atoms with Crippen LogP contribution < -0.4 is 4.74 Å². The summed E-state index contributed by atoms with van der Waals surface area (Å²) in [5.74, 6) is -2.04. The predicted octanol–water partition coefficient (Wildman–Crippen LogP) is 1.36. The molecule has 0 saturated heterocycles. The Kier molecular flexibility index (Phi) is 3.60. The van der Waals surface area contributed by atoms with E-state index in [0.717, 1.165) is 6.07 Å². The third-order valence-corrected chi connectivity index (χ3v) is 1.81. The summed E-state index contributed by atoms with van der Waals surface area (Å²) < 4.78 is 29.4. The van der Waals surface area contributed by atoms with Crippen LogP contribution in [0.15, 0.2) is 6.07 Å². The number of carboxylic acid groups (broad SMARTS) is 1. The molecule has 16 heavy (non-hydrogen) atoms. The Morgan fingerprint density at radius 2 is 2.25 bits per heavy atom. The molecule has 0 amide bonds. The van der Waals surface area contributed by atoms with E-state index in [2.05, 4.69) is 9.72 Å². The van der Waals surface area contributed by atoms with Crippen molar-refractivity contribution in [3.63, 3.8) is 0 Å². The fraction of sp³-hybridized carbons (Fsp3) is 0.333. The number of aliphatic carboxylic acids is 1. The molecule has 1 heterocycles. The van der Waals surface area contributed by atoms with E-state index in [9.17, 15) is 18.7 Å². The zero-order valence-corrected chi connectivity index (χ0v) is 8.28. The Morgan fingerprint density at radius 1 is 1.62 bits per heavy atom. The third kappa shape index (κ3) is 2.56. The number of aromatic nitrogens is 1. The molecule has 0 aliphatic rings. The first kappa shape index (κ1) is 12.2. The maximum Gasteiger partial charge on any atom is 0.309 e. The molecule has 0 saturated carbocycles. The fourth-order valence-electron chi connectivity index (χ4n) is 1.12. The number of nitrogens with zero attached hydrogens (tertiary/aromatic N) is 1. The molecular formula is C9H9F2NO4. The molecule has 7 heteroatoms. The Hall–Kier alpha value is -1.92. The lowest BCUT2D eigenvalue weighted by atomic mass is 10.2. The van der Waals surface area contributed by atoms with Gasteiger partial charge in [-0.1, -0.05) is 0 Å². The fourth-order valence-corrected chi connectivity index (χ4v) is 1.12. The van der Waals surface area contributed by atoms with Gasteiger partial charge in [0.1, 0.15) is 5.69 Å². The standard InChI is InChI=1S/C9H9F2NO4/c1-16-6-2-5(9(10)11)12-4(8(6)15)3-7(13)14/h2,9,15H,3H2,1H3,(H,13,14). The van der Waals surface area contributed by atoms with Gasteiger partial charge in [-0.3, -0.25) is 4.79 Å². The van der Waals surface area contributed by atoms with Gasteiger partial charge in [-0.15, -0.1) is 0 Å². The van der Waals surface area contributed by atoms with Crippen LogP contribution in [0.2, 0.25) is 0 Å². The van der Waals surface area contributed by atoms with Crippen molar-refractivity contribution in [2.24, 2.45) is 0 Å². The number of rotatable bonds is 4. The van der Waals surface area contributed by atoms with E-state index in [-0.39, 0.29) is 11.4 Å². The highest BCUT2D eigenvalue weighted by Gasteiger charge is 2.19.